The van der Waals surface area contributed by atoms with E-state index in [1.807, 2.05) is 9.80 Å². The molecule has 6 nitrogen and oxygen atoms in total. The lowest BCUT2D eigenvalue weighted by molar-refractivity contribution is -0.147. The fraction of sp³-hybridized carbons (Fsp3) is 0.867. The summed E-state index contributed by atoms with van der Waals surface area (Å²) in [6.45, 7) is 5.13. The van der Waals surface area contributed by atoms with Gasteiger partial charge in [0.15, 0.2) is 0 Å². The van der Waals surface area contributed by atoms with Crippen LogP contribution in [0.4, 0.5) is 0 Å². The largest absolute Gasteiger partial charge is 0.368 e. The molecule has 1 N–H and O–H groups in total. The standard InChI is InChI=1S/C15H25N3O3/c19-14(12-3-1-5-16-11-12)17-6-8-18(9-7-17)15(20)13-4-2-10-21-13/h12-13,16H,1-11H2/t12-,13?/m1/s1. The third-order valence-corrected chi connectivity index (χ3v) is 4.75. The number of piperazine rings is 1. The van der Waals surface area contributed by atoms with E-state index in [1.165, 1.54) is 0 Å². The molecule has 2 amide bonds. The molecule has 3 saturated heterocycles. The van der Waals surface area contributed by atoms with Crippen molar-refractivity contribution >= 4 is 11.8 Å². The molecule has 0 saturated carbocycles. The number of nitrogens with one attached hydrogen (secondary N) is 1. The van der Waals surface area contributed by atoms with Gasteiger partial charge in [-0.2, -0.15) is 0 Å². The Kier molecular flexibility index (Phi) is 4.75. The Hall–Kier alpha value is -1.14. The quantitative estimate of drug-likeness (QED) is 0.769. The summed E-state index contributed by atoms with van der Waals surface area (Å²) in [4.78, 5) is 28.5. The number of hydrogen-bond acceptors (Lipinski definition) is 4. The first-order chi connectivity index (χ1) is 10.3. The predicted molar refractivity (Wildman–Crippen MR) is 77.7 cm³/mol. The highest BCUT2D eigenvalue weighted by Crippen LogP contribution is 2.18. The fourth-order valence-electron chi connectivity index (χ4n) is 3.44. The maximum Gasteiger partial charge on any atom is 0.251 e. The monoisotopic (exact) mass is 295 g/mol. The highest BCUT2D eigenvalue weighted by atomic mass is 16.5. The smallest absolute Gasteiger partial charge is 0.251 e. The van der Waals surface area contributed by atoms with Crippen LogP contribution in [0.15, 0.2) is 0 Å². The number of carbonyl (C=O) groups is 2. The molecule has 0 bridgehead atoms. The van der Waals surface area contributed by atoms with Gasteiger partial charge in [0.05, 0.1) is 5.92 Å². The van der Waals surface area contributed by atoms with E-state index >= 15 is 0 Å². The second kappa shape index (κ2) is 6.75. The molecule has 0 aliphatic carbocycles. The van der Waals surface area contributed by atoms with Gasteiger partial charge in [-0.05, 0) is 32.2 Å². The van der Waals surface area contributed by atoms with Gasteiger partial charge in [-0.25, -0.2) is 0 Å². The molecule has 2 atom stereocenters. The average molecular weight is 295 g/mol. The van der Waals surface area contributed by atoms with Crippen molar-refractivity contribution in [2.45, 2.75) is 31.8 Å². The van der Waals surface area contributed by atoms with Gasteiger partial charge in [0, 0.05) is 39.3 Å². The number of nitrogens with zero attached hydrogens (tertiary/aromatic N) is 2. The van der Waals surface area contributed by atoms with Gasteiger partial charge >= 0.3 is 0 Å². The van der Waals surface area contributed by atoms with Crippen molar-refractivity contribution < 1.29 is 14.3 Å². The van der Waals surface area contributed by atoms with E-state index in [-0.39, 0.29) is 23.8 Å². The van der Waals surface area contributed by atoms with E-state index in [9.17, 15) is 9.59 Å². The third-order valence-electron chi connectivity index (χ3n) is 4.75. The normalized spacial score (nSPS) is 30.5. The van der Waals surface area contributed by atoms with Crippen LogP contribution in [0, 0.1) is 5.92 Å². The lowest BCUT2D eigenvalue weighted by Gasteiger charge is -2.37. The van der Waals surface area contributed by atoms with Crippen molar-refractivity contribution in [1.82, 2.24) is 15.1 Å². The Morgan fingerprint density at radius 2 is 1.67 bits per heavy atom. The first-order valence-electron chi connectivity index (χ1n) is 8.15. The van der Waals surface area contributed by atoms with Gasteiger partial charge in [0.1, 0.15) is 6.10 Å². The summed E-state index contributed by atoms with van der Waals surface area (Å²) in [5.41, 5.74) is 0. The van der Waals surface area contributed by atoms with E-state index in [4.69, 9.17) is 4.74 Å². The number of rotatable bonds is 2. The van der Waals surface area contributed by atoms with Crippen LogP contribution in [-0.4, -0.2) is 73.6 Å². The Balaban J connectivity index is 1.48. The molecule has 3 aliphatic heterocycles. The van der Waals surface area contributed by atoms with Crippen LogP contribution in [0.25, 0.3) is 0 Å². The first-order valence-corrected chi connectivity index (χ1v) is 8.15. The Morgan fingerprint density at radius 3 is 2.24 bits per heavy atom. The minimum Gasteiger partial charge on any atom is -0.368 e. The van der Waals surface area contributed by atoms with Crippen molar-refractivity contribution in [3.8, 4) is 0 Å². The predicted octanol–water partition coefficient (Wildman–Crippen LogP) is -0.164. The van der Waals surface area contributed by atoms with Gasteiger partial charge in [0.25, 0.3) is 5.91 Å². The Morgan fingerprint density at radius 1 is 0.952 bits per heavy atom. The summed E-state index contributed by atoms with van der Waals surface area (Å²) in [7, 11) is 0. The SMILES string of the molecule is O=C(C1CCCO1)N1CCN(C(=O)[C@@H]2CCCNC2)CC1. The van der Waals surface area contributed by atoms with Crippen molar-refractivity contribution in [2.24, 2.45) is 5.92 Å². The zero-order chi connectivity index (χ0) is 14.7. The van der Waals surface area contributed by atoms with Gasteiger partial charge in [-0.3, -0.25) is 9.59 Å². The molecule has 6 heteroatoms. The molecule has 21 heavy (non-hydrogen) atoms. The maximum atomic E-state index is 12.4. The van der Waals surface area contributed by atoms with Gasteiger partial charge < -0.3 is 19.9 Å². The second-order valence-electron chi connectivity index (χ2n) is 6.20. The number of carbonyl (C=O) groups excluding carboxylic acids is 2. The molecule has 0 aromatic carbocycles. The number of amides is 2. The number of ether oxygens (including phenoxy) is 1. The minimum atomic E-state index is -0.241. The molecule has 0 aromatic rings. The number of piperidine rings is 1. The summed E-state index contributed by atoms with van der Waals surface area (Å²) in [5, 5.41) is 3.29. The molecule has 3 aliphatic rings. The molecule has 1 unspecified atom stereocenters. The molecule has 0 spiro atoms. The molecule has 0 aromatic heterocycles. The summed E-state index contributed by atoms with van der Waals surface area (Å²) in [6, 6.07) is 0. The van der Waals surface area contributed by atoms with Crippen molar-refractivity contribution in [1.29, 1.82) is 0 Å². The van der Waals surface area contributed by atoms with E-state index in [0.717, 1.165) is 38.8 Å². The second-order valence-corrected chi connectivity index (χ2v) is 6.20. The minimum absolute atomic E-state index is 0.110. The van der Waals surface area contributed by atoms with Crippen LogP contribution >= 0.6 is 0 Å². The lowest BCUT2D eigenvalue weighted by atomic mass is 9.98. The van der Waals surface area contributed by atoms with Crippen molar-refractivity contribution in [2.75, 3.05) is 45.9 Å². The molecule has 3 rings (SSSR count). The van der Waals surface area contributed by atoms with Crippen LogP contribution in [0.3, 0.4) is 0 Å². The van der Waals surface area contributed by atoms with E-state index < -0.39 is 0 Å². The summed E-state index contributed by atoms with van der Waals surface area (Å²) >= 11 is 0. The van der Waals surface area contributed by atoms with Crippen molar-refractivity contribution in [3.05, 3.63) is 0 Å². The van der Waals surface area contributed by atoms with E-state index in [0.29, 0.717) is 32.8 Å². The third kappa shape index (κ3) is 3.37. The molecule has 0 radical (unpaired) electrons. The summed E-state index contributed by atoms with van der Waals surface area (Å²) in [6.07, 6.45) is 3.64. The highest BCUT2D eigenvalue weighted by Gasteiger charge is 2.33. The van der Waals surface area contributed by atoms with Crippen LogP contribution in [0.2, 0.25) is 0 Å². The molecule has 118 valence electrons. The summed E-state index contributed by atoms with van der Waals surface area (Å²) in [5.74, 6) is 0.490. The molecular formula is C15H25N3O3. The van der Waals surface area contributed by atoms with Crippen LogP contribution in [0.1, 0.15) is 25.7 Å². The lowest BCUT2D eigenvalue weighted by Crippen LogP contribution is -2.54. The van der Waals surface area contributed by atoms with Gasteiger partial charge in [0.2, 0.25) is 5.91 Å². The Labute approximate surface area is 125 Å². The number of hydrogen-bond donors (Lipinski definition) is 1. The van der Waals surface area contributed by atoms with Gasteiger partial charge in [-0.15, -0.1) is 0 Å². The zero-order valence-electron chi connectivity index (χ0n) is 12.6. The molecule has 3 fully saturated rings. The van der Waals surface area contributed by atoms with Crippen LogP contribution in [0.5, 0.6) is 0 Å². The average Bonchev–Trinajstić information content (AvgIpc) is 3.09. The molecule has 3 heterocycles. The first kappa shape index (κ1) is 14.8. The maximum absolute atomic E-state index is 12.4. The van der Waals surface area contributed by atoms with Gasteiger partial charge in [-0.1, -0.05) is 0 Å². The van der Waals surface area contributed by atoms with Crippen LogP contribution in [-0.2, 0) is 14.3 Å². The summed E-state index contributed by atoms with van der Waals surface area (Å²) < 4.78 is 5.46. The highest BCUT2D eigenvalue weighted by molar-refractivity contribution is 5.82. The van der Waals surface area contributed by atoms with Crippen molar-refractivity contribution in [3.63, 3.8) is 0 Å². The Bertz CT molecular complexity index is 382. The van der Waals surface area contributed by atoms with Crippen LogP contribution < -0.4 is 5.32 Å². The molecular weight excluding hydrogens is 270 g/mol. The van der Waals surface area contributed by atoms with E-state index in [1.54, 1.807) is 0 Å². The fourth-order valence-corrected chi connectivity index (χ4v) is 3.44. The zero-order valence-corrected chi connectivity index (χ0v) is 12.6. The van der Waals surface area contributed by atoms with E-state index in [2.05, 4.69) is 5.32 Å². The topological polar surface area (TPSA) is 61.9 Å².